The van der Waals surface area contributed by atoms with Gasteiger partial charge in [-0.2, -0.15) is 0 Å². The van der Waals surface area contributed by atoms with Gasteiger partial charge in [-0.3, -0.25) is 0 Å². The summed E-state index contributed by atoms with van der Waals surface area (Å²) in [6.07, 6.45) is 1.05. The van der Waals surface area contributed by atoms with E-state index in [1.807, 2.05) is 18.2 Å². The molecule has 0 fully saturated rings. The summed E-state index contributed by atoms with van der Waals surface area (Å²) >= 11 is 6.97. The fourth-order valence-electron chi connectivity index (χ4n) is 1.95. The molecule has 19 heavy (non-hydrogen) atoms. The van der Waals surface area contributed by atoms with E-state index >= 15 is 0 Å². The molecule has 0 aliphatic heterocycles. The molecule has 0 amide bonds. The second kappa shape index (κ2) is 6.44. The Balaban J connectivity index is 2.41. The zero-order chi connectivity index (χ0) is 13.8. The average Bonchev–Trinajstić information content (AvgIpc) is 2.38. The molecule has 4 heteroatoms. The van der Waals surface area contributed by atoms with Crippen LogP contribution in [0.25, 0.3) is 0 Å². The number of hydrogen-bond acceptors (Lipinski definition) is 2. The van der Waals surface area contributed by atoms with Gasteiger partial charge in [0, 0.05) is 21.2 Å². The molecule has 1 N–H and O–H groups in total. The van der Waals surface area contributed by atoms with E-state index in [0.717, 1.165) is 33.3 Å². The summed E-state index contributed by atoms with van der Waals surface area (Å²) in [7, 11) is 0. The molecule has 0 aromatic heterocycles. The van der Waals surface area contributed by atoms with Crippen molar-refractivity contribution in [3.63, 3.8) is 0 Å². The van der Waals surface area contributed by atoms with E-state index in [1.165, 1.54) is 0 Å². The van der Waals surface area contributed by atoms with Crippen molar-refractivity contribution in [2.75, 3.05) is 11.4 Å². The highest BCUT2D eigenvalue weighted by atomic mass is 79.9. The van der Waals surface area contributed by atoms with Crippen LogP contribution in [0.15, 0.2) is 51.4 Å². The number of phenolic OH excluding ortho intramolecular Hbond substituents is 1. The summed E-state index contributed by atoms with van der Waals surface area (Å²) in [5.74, 6) is 0.267. The Bertz CT molecular complexity index is 555. The van der Waals surface area contributed by atoms with Crippen molar-refractivity contribution in [2.24, 2.45) is 0 Å². The minimum atomic E-state index is 0.267. The quantitative estimate of drug-likeness (QED) is 0.755. The third-order valence-corrected chi connectivity index (χ3v) is 3.97. The van der Waals surface area contributed by atoms with Crippen molar-refractivity contribution in [3.05, 3.63) is 51.4 Å². The van der Waals surface area contributed by atoms with Gasteiger partial charge in [0.1, 0.15) is 5.75 Å². The summed E-state index contributed by atoms with van der Waals surface area (Å²) < 4.78 is 1.96. The number of rotatable bonds is 4. The molecule has 0 aliphatic rings. The Kier molecular flexibility index (Phi) is 4.88. The van der Waals surface area contributed by atoms with Gasteiger partial charge in [-0.1, -0.05) is 22.9 Å². The molecule has 0 atom stereocenters. The van der Waals surface area contributed by atoms with Crippen LogP contribution in [-0.2, 0) is 0 Å². The molecule has 0 unspecified atom stereocenters. The lowest BCUT2D eigenvalue weighted by atomic mass is 10.2. The van der Waals surface area contributed by atoms with Crippen LogP contribution in [0, 0.1) is 0 Å². The number of nitrogens with zero attached hydrogens (tertiary/aromatic N) is 1. The lowest BCUT2D eigenvalue weighted by Gasteiger charge is -2.25. The van der Waals surface area contributed by atoms with Crippen molar-refractivity contribution in [1.82, 2.24) is 0 Å². The molecule has 0 spiro atoms. The van der Waals surface area contributed by atoms with Crippen LogP contribution in [0.2, 0.25) is 0 Å². The summed E-state index contributed by atoms with van der Waals surface area (Å²) in [6, 6.07) is 13.6. The molecule has 0 radical (unpaired) electrons. The molecule has 2 aromatic carbocycles. The van der Waals surface area contributed by atoms with Crippen LogP contribution < -0.4 is 4.90 Å². The van der Waals surface area contributed by atoms with Crippen LogP contribution in [0.1, 0.15) is 13.3 Å². The van der Waals surface area contributed by atoms with E-state index in [1.54, 1.807) is 12.1 Å². The monoisotopic (exact) mass is 383 g/mol. The second-order valence-corrected chi connectivity index (χ2v) is 6.03. The van der Waals surface area contributed by atoms with Crippen LogP contribution >= 0.6 is 31.9 Å². The molecule has 100 valence electrons. The van der Waals surface area contributed by atoms with Gasteiger partial charge in [0.05, 0.1) is 5.69 Å². The maximum absolute atomic E-state index is 9.50. The number of benzene rings is 2. The maximum Gasteiger partial charge on any atom is 0.116 e. The smallest absolute Gasteiger partial charge is 0.116 e. The lowest BCUT2D eigenvalue weighted by molar-refractivity contribution is 0.475. The zero-order valence-electron chi connectivity index (χ0n) is 10.6. The number of halogens is 2. The highest BCUT2D eigenvalue weighted by molar-refractivity contribution is 9.10. The Morgan fingerprint density at radius 1 is 1.05 bits per heavy atom. The topological polar surface area (TPSA) is 23.5 Å². The van der Waals surface area contributed by atoms with Crippen molar-refractivity contribution < 1.29 is 5.11 Å². The van der Waals surface area contributed by atoms with Crippen LogP contribution in [-0.4, -0.2) is 11.7 Å². The lowest BCUT2D eigenvalue weighted by Crippen LogP contribution is -2.18. The first-order chi connectivity index (χ1) is 9.11. The first-order valence-electron chi connectivity index (χ1n) is 6.13. The Hall–Kier alpha value is -1.00. The van der Waals surface area contributed by atoms with Gasteiger partial charge in [-0.05, 0) is 64.8 Å². The van der Waals surface area contributed by atoms with E-state index in [0.29, 0.717) is 0 Å². The highest BCUT2D eigenvalue weighted by Crippen LogP contribution is 2.34. The van der Waals surface area contributed by atoms with Crippen molar-refractivity contribution in [3.8, 4) is 5.75 Å². The van der Waals surface area contributed by atoms with Crippen LogP contribution in [0.3, 0.4) is 0 Å². The zero-order valence-corrected chi connectivity index (χ0v) is 13.8. The minimum absolute atomic E-state index is 0.267. The Morgan fingerprint density at radius 3 is 2.32 bits per heavy atom. The third kappa shape index (κ3) is 3.51. The van der Waals surface area contributed by atoms with E-state index in [2.05, 4.69) is 55.8 Å². The average molecular weight is 385 g/mol. The first-order valence-corrected chi connectivity index (χ1v) is 7.72. The minimum Gasteiger partial charge on any atom is -0.508 e. The molecular formula is C15H15Br2NO. The van der Waals surface area contributed by atoms with Gasteiger partial charge in [0.25, 0.3) is 0 Å². The van der Waals surface area contributed by atoms with Crippen molar-refractivity contribution in [2.45, 2.75) is 13.3 Å². The van der Waals surface area contributed by atoms with Crippen molar-refractivity contribution >= 4 is 43.2 Å². The summed E-state index contributed by atoms with van der Waals surface area (Å²) in [6.45, 7) is 3.07. The summed E-state index contributed by atoms with van der Waals surface area (Å²) in [5, 5.41) is 9.50. The standard InChI is InChI=1S/C15H15Br2NO/c1-2-9-18(12-5-3-11(16)4-6-12)15-8-7-13(19)10-14(15)17/h3-8,10,19H,2,9H2,1H3. The van der Waals surface area contributed by atoms with Gasteiger partial charge >= 0.3 is 0 Å². The largest absolute Gasteiger partial charge is 0.508 e. The van der Waals surface area contributed by atoms with E-state index in [9.17, 15) is 5.11 Å². The maximum atomic E-state index is 9.50. The third-order valence-electron chi connectivity index (χ3n) is 2.81. The number of aromatic hydroxyl groups is 1. The van der Waals surface area contributed by atoms with E-state index < -0.39 is 0 Å². The van der Waals surface area contributed by atoms with E-state index in [4.69, 9.17) is 0 Å². The van der Waals surface area contributed by atoms with Crippen molar-refractivity contribution in [1.29, 1.82) is 0 Å². The van der Waals surface area contributed by atoms with Crippen LogP contribution in [0.4, 0.5) is 11.4 Å². The first kappa shape index (κ1) is 14.4. The van der Waals surface area contributed by atoms with Crippen LogP contribution in [0.5, 0.6) is 5.75 Å². The predicted molar refractivity (Wildman–Crippen MR) is 87.2 cm³/mol. The second-order valence-electron chi connectivity index (χ2n) is 4.26. The Labute approximate surface area is 130 Å². The molecule has 0 saturated heterocycles. The Morgan fingerprint density at radius 2 is 1.74 bits per heavy atom. The fourth-order valence-corrected chi connectivity index (χ4v) is 2.79. The predicted octanol–water partition coefficient (Wildman–Crippen LogP) is 5.47. The molecule has 0 bridgehead atoms. The van der Waals surface area contributed by atoms with Gasteiger partial charge in [0.15, 0.2) is 0 Å². The SMILES string of the molecule is CCCN(c1ccc(Br)cc1)c1ccc(O)cc1Br. The van der Waals surface area contributed by atoms with Gasteiger partial charge in [-0.25, -0.2) is 0 Å². The number of phenols is 1. The van der Waals surface area contributed by atoms with E-state index in [-0.39, 0.29) is 5.75 Å². The molecule has 2 aromatic rings. The molecule has 0 heterocycles. The fraction of sp³-hybridized carbons (Fsp3) is 0.200. The molecular weight excluding hydrogens is 370 g/mol. The van der Waals surface area contributed by atoms with Gasteiger partial charge < -0.3 is 10.0 Å². The summed E-state index contributed by atoms with van der Waals surface area (Å²) in [5.41, 5.74) is 2.19. The number of hydrogen-bond donors (Lipinski definition) is 1. The summed E-state index contributed by atoms with van der Waals surface area (Å²) in [4.78, 5) is 2.23. The molecule has 0 aliphatic carbocycles. The molecule has 2 nitrogen and oxygen atoms in total. The van der Waals surface area contributed by atoms with Gasteiger partial charge in [0.2, 0.25) is 0 Å². The molecule has 2 rings (SSSR count). The normalized spacial score (nSPS) is 10.5. The van der Waals surface area contributed by atoms with Gasteiger partial charge in [-0.15, -0.1) is 0 Å². The highest BCUT2D eigenvalue weighted by Gasteiger charge is 2.12. The number of anilines is 2. The molecule has 0 saturated carbocycles.